The molecule has 23 heavy (non-hydrogen) atoms. The lowest BCUT2D eigenvalue weighted by atomic mass is 9.99. The predicted octanol–water partition coefficient (Wildman–Crippen LogP) is -0.0932. The van der Waals surface area contributed by atoms with Crippen molar-refractivity contribution in [3.8, 4) is 0 Å². The Kier molecular flexibility index (Phi) is 6.95. The predicted molar refractivity (Wildman–Crippen MR) is 72.5 cm³/mol. The maximum absolute atomic E-state index is 11.3. The summed E-state index contributed by atoms with van der Waals surface area (Å²) in [4.78, 5) is 44.7. The average molecular weight is 331 g/mol. The first-order chi connectivity index (χ1) is 10.7. The van der Waals surface area contributed by atoms with Crippen molar-refractivity contribution in [2.24, 2.45) is 0 Å². The number of carbonyl (C=O) groups is 4. The van der Waals surface area contributed by atoms with Crippen LogP contribution >= 0.6 is 0 Å². The highest BCUT2D eigenvalue weighted by molar-refractivity contribution is 5.69. The van der Waals surface area contributed by atoms with Crippen LogP contribution in [0.1, 0.15) is 27.7 Å². The lowest BCUT2D eigenvalue weighted by Gasteiger charge is -2.39. The Bertz CT molecular complexity index is 473. The molecule has 0 aliphatic carbocycles. The van der Waals surface area contributed by atoms with E-state index >= 15 is 0 Å². The monoisotopic (exact) mass is 331 g/mol. The quantitative estimate of drug-likeness (QED) is 0.503. The molecule has 1 radical (unpaired) electrons. The summed E-state index contributed by atoms with van der Waals surface area (Å²) in [5, 5.41) is 0. The second-order valence-corrected chi connectivity index (χ2v) is 4.82. The zero-order valence-electron chi connectivity index (χ0n) is 13.3. The van der Waals surface area contributed by atoms with Crippen LogP contribution in [0.15, 0.2) is 0 Å². The molecule has 0 N–H and O–H groups in total. The zero-order chi connectivity index (χ0) is 17.6. The molecular formula is C14H19O9. The van der Waals surface area contributed by atoms with E-state index in [9.17, 15) is 19.2 Å². The minimum absolute atomic E-state index is 0.00183. The molecule has 1 saturated heterocycles. The Hall–Kier alpha value is -2.16. The van der Waals surface area contributed by atoms with Crippen LogP contribution in [0.3, 0.4) is 0 Å². The Morgan fingerprint density at radius 2 is 1.57 bits per heavy atom. The van der Waals surface area contributed by atoms with Crippen molar-refractivity contribution in [1.29, 1.82) is 0 Å². The summed E-state index contributed by atoms with van der Waals surface area (Å²) in [6, 6.07) is 0. The molecule has 1 aliphatic rings. The number of hydrogen-bond acceptors (Lipinski definition) is 9. The van der Waals surface area contributed by atoms with Gasteiger partial charge in [0.2, 0.25) is 6.10 Å². The van der Waals surface area contributed by atoms with Crippen molar-refractivity contribution in [2.75, 3.05) is 13.2 Å². The third-order valence-corrected chi connectivity index (χ3v) is 2.74. The van der Waals surface area contributed by atoms with E-state index in [2.05, 4.69) is 0 Å². The Balaban J connectivity index is 2.98. The van der Waals surface area contributed by atoms with E-state index in [0.717, 1.165) is 13.8 Å². The van der Waals surface area contributed by atoms with Gasteiger partial charge in [-0.2, -0.15) is 0 Å². The van der Waals surface area contributed by atoms with Gasteiger partial charge in [-0.15, -0.1) is 0 Å². The van der Waals surface area contributed by atoms with Crippen LogP contribution in [0, 0.1) is 6.10 Å². The largest absolute Gasteiger partial charge is 0.463 e. The zero-order valence-corrected chi connectivity index (χ0v) is 13.3. The Labute approximate surface area is 133 Å². The molecule has 3 atom stereocenters. The minimum atomic E-state index is -1.14. The molecule has 1 heterocycles. The van der Waals surface area contributed by atoms with Crippen LogP contribution in [0.4, 0.5) is 0 Å². The smallest absolute Gasteiger partial charge is 0.303 e. The van der Waals surface area contributed by atoms with Gasteiger partial charge in [-0.25, -0.2) is 0 Å². The van der Waals surface area contributed by atoms with Gasteiger partial charge in [-0.05, 0) is 0 Å². The van der Waals surface area contributed by atoms with E-state index in [4.69, 9.17) is 23.7 Å². The van der Waals surface area contributed by atoms with Gasteiger partial charge in [-0.1, -0.05) is 0 Å². The number of ether oxygens (including phenoxy) is 5. The van der Waals surface area contributed by atoms with E-state index in [1.807, 2.05) is 0 Å². The lowest BCUT2D eigenvalue weighted by molar-refractivity contribution is -0.210. The molecular weight excluding hydrogens is 312 g/mol. The summed E-state index contributed by atoms with van der Waals surface area (Å²) in [6.45, 7) is 4.31. The summed E-state index contributed by atoms with van der Waals surface area (Å²) >= 11 is 0. The lowest BCUT2D eigenvalue weighted by Crippen LogP contribution is -2.55. The van der Waals surface area contributed by atoms with Crippen LogP contribution < -0.4 is 0 Å². The SMILES string of the molecule is CC(=O)OC[C@H]1OC[C](OC(C)=O)[C@@H](OC(C)=O)[C@H]1OC(C)=O. The summed E-state index contributed by atoms with van der Waals surface area (Å²) in [6.07, 6.45) is -3.13. The molecule has 9 heteroatoms. The van der Waals surface area contributed by atoms with E-state index in [0.29, 0.717) is 0 Å². The van der Waals surface area contributed by atoms with Crippen LogP contribution in [-0.2, 0) is 42.9 Å². The maximum atomic E-state index is 11.3. The molecule has 129 valence electrons. The summed E-state index contributed by atoms with van der Waals surface area (Å²) in [7, 11) is 0. The highest BCUT2D eigenvalue weighted by atomic mass is 16.7. The number of rotatable bonds is 5. The first-order valence-electron chi connectivity index (χ1n) is 6.84. The fraction of sp³-hybridized carbons (Fsp3) is 0.643. The van der Waals surface area contributed by atoms with Crippen molar-refractivity contribution in [2.45, 2.75) is 46.0 Å². The normalized spacial score (nSPS) is 24.4. The number of hydrogen-bond donors (Lipinski definition) is 0. The molecule has 9 nitrogen and oxygen atoms in total. The van der Waals surface area contributed by atoms with E-state index in [-0.39, 0.29) is 19.3 Å². The van der Waals surface area contributed by atoms with E-state index < -0.39 is 42.2 Å². The summed E-state index contributed by atoms with van der Waals surface area (Å²) in [5.41, 5.74) is 0. The fourth-order valence-corrected chi connectivity index (χ4v) is 2.00. The van der Waals surface area contributed by atoms with Crippen LogP contribution in [0.25, 0.3) is 0 Å². The number of esters is 4. The number of carbonyl (C=O) groups excluding carboxylic acids is 4. The van der Waals surface area contributed by atoms with Gasteiger partial charge in [0.05, 0.1) is 6.61 Å². The second-order valence-electron chi connectivity index (χ2n) is 4.82. The van der Waals surface area contributed by atoms with Gasteiger partial charge < -0.3 is 23.7 Å². The third kappa shape index (κ3) is 6.23. The standard InChI is InChI=1S/C14H19O9/c1-7(15)19-5-11-13(22-9(3)17)14(23-10(4)18)12(6-20-11)21-8(2)16/h11,13-14H,5-6H2,1-4H3/t11-,13+,14-/m1/s1. The van der Waals surface area contributed by atoms with Gasteiger partial charge in [-0.3, -0.25) is 19.2 Å². The molecule has 0 spiro atoms. The molecule has 0 saturated carbocycles. The van der Waals surface area contributed by atoms with Crippen molar-refractivity contribution in [1.82, 2.24) is 0 Å². The molecule has 0 aromatic rings. The van der Waals surface area contributed by atoms with Crippen molar-refractivity contribution in [3.05, 3.63) is 6.10 Å². The average Bonchev–Trinajstić information content (AvgIpc) is 2.39. The first kappa shape index (κ1) is 18.9. The second kappa shape index (κ2) is 8.47. The van der Waals surface area contributed by atoms with Crippen LogP contribution in [0.5, 0.6) is 0 Å². The molecule has 0 bridgehead atoms. The van der Waals surface area contributed by atoms with Crippen molar-refractivity contribution in [3.63, 3.8) is 0 Å². The van der Waals surface area contributed by atoms with Crippen LogP contribution in [-0.4, -0.2) is 55.4 Å². The first-order valence-corrected chi connectivity index (χ1v) is 6.84. The highest BCUT2D eigenvalue weighted by Gasteiger charge is 2.48. The summed E-state index contributed by atoms with van der Waals surface area (Å²) < 4.78 is 25.4. The Morgan fingerprint density at radius 3 is 2.04 bits per heavy atom. The topological polar surface area (TPSA) is 114 Å². The summed E-state index contributed by atoms with van der Waals surface area (Å²) in [5.74, 6) is -2.51. The van der Waals surface area contributed by atoms with Crippen LogP contribution in [0.2, 0.25) is 0 Å². The van der Waals surface area contributed by atoms with Gasteiger partial charge in [0.1, 0.15) is 12.7 Å². The van der Waals surface area contributed by atoms with E-state index in [1.165, 1.54) is 13.8 Å². The maximum Gasteiger partial charge on any atom is 0.303 e. The minimum Gasteiger partial charge on any atom is -0.463 e. The molecule has 1 fully saturated rings. The molecule has 0 unspecified atom stereocenters. The van der Waals surface area contributed by atoms with Gasteiger partial charge in [0.15, 0.2) is 12.2 Å². The van der Waals surface area contributed by atoms with Crippen molar-refractivity contribution < 1.29 is 42.9 Å². The molecule has 0 aromatic carbocycles. The van der Waals surface area contributed by atoms with Gasteiger partial charge >= 0.3 is 23.9 Å². The third-order valence-electron chi connectivity index (χ3n) is 2.74. The molecule has 1 rings (SSSR count). The fourth-order valence-electron chi connectivity index (χ4n) is 2.00. The molecule has 1 aliphatic heterocycles. The van der Waals surface area contributed by atoms with Crippen molar-refractivity contribution >= 4 is 23.9 Å². The van der Waals surface area contributed by atoms with Gasteiger partial charge in [0.25, 0.3) is 0 Å². The van der Waals surface area contributed by atoms with E-state index in [1.54, 1.807) is 0 Å². The molecule has 0 aromatic heterocycles. The van der Waals surface area contributed by atoms with Gasteiger partial charge in [0, 0.05) is 27.7 Å². The highest BCUT2D eigenvalue weighted by Crippen LogP contribution is 2.29. The molecule has 0 amide bonds. The Morgan fingerprint density at radius 1 is 0.957 bits per heavy atom.